The van der Waals surface area contributed by atoms with Gasteiger partial charge in [-0.3, -0.25) is 14.4 Å². The summed E-state index contributed by atoms with van der Waals surface area (Å²) in [7, 11) is 2.81. The highest BCUT2D eigenvalue weighted by atomic mass is 16.7. The average Bonchev–Trinajstić information content (AvgIpc) is 2.68. The number of Topliss-reactive ketones (excluding diaryl/α,β-unsaturated/α-hetero) is 1. The molecule has 3 aliphatic carbocycles. The quantitative estimate of drug-likeness (QED) is 0.252. The minimum atomic E-state index is -1.47. The Morgan fingerprint density at radius 2 is 1.81 bits per heavy atom. The summed E-state index contributed by atoms with van der Waals surface area (Å²) in [5, 5.41) is 0. The van der Waals surface area contributed by atoms with Crippen molar-refractivity contribution in [3.8, 4) is 0 Å². The normalized spacial score (nSPS) is 28.5. The molecule has 4 rings (SSSR count). The lowest BCUT2D eigenvalue weighted by molar-refractivity contribution is -0.250. The van der Waals surface area contributed by atoms with Crippen molar-refractivity contribution in [1.82, 2.24) is 0 Å². The van der Waals surface area contributed by atoms with E-state index in [0.717, 1.165) is 0 Å². The van der Waals surface area contributed by atoms with Crippen LogP contribution in [0.4, 0.5) is 0 Å². The molecule has 3 aliphatic rings. The SMILES string of the molecule is COC1(OC)C(=O)[C@]2(/C=C/C(=O)c3ccccc3)C=C[C@H]1C[C@H]2OC(C)=O. The van der Waals surface area contributed by atoms with Crippen LogP contribution in [0.1, 0.15) is 23.7 Å². The van der Waals surface area contributed by atoms with Gasteiger partial charge in [-0.2, -0.15) is 0 Å². The van der Waals surface area contributed by atoms with Crippen LogP contribution in [0.5, 0.6) is 0 Å². The molecule has 6 heteroatoms. The molecule has 0 radical (unpaired) electrons. The first kappa shape index (κ1) is 19.2. The van der Waals surface area contributed by atoms with Crippen LogP contribution in [0.25, 0.3) is 0 Å². The molecule has 1 aromatic carbocycles. The summed E-state index contributed by atoms with van der Waals surface area (Å²) < 4.78 is 16.4. The fourth-order valence-electron chi connectivity index (χ4n) is 3.93. The van der Waals surface area contributed by atoms with Crippen molar-refractivity contribution in [2.75, 3.05) is 14.2 Å². The van der Waals surface area contributed by atoms with Crippen LogP contribution < -0.4 is 0 Å². The van der Waals surface area contributed by atoms with Gasteiger partial charge in [0.05, 0.1) is 0 Å². The lowest BCUT2D eigenvalue weighted by atomic mass is 9.59. The summed E-state index contributed by atoms with van der Waals surface area (Å²) >= 11 is 0. The summed E-state index contributed by atoms with van der Waals surface area (Å²) in [6, 6.07) is 8.73. The van der Waals surface area contributed by atoms with Gasteiger partial charge in [0.25, 0.3) is 0 Å². The fourth-order valence-corrected chi connectivity index (χ4v) is 3.93. The molecule has 2 bridgehead atoms. The van der Waals surface area contributed by atoms with Crippen LogP contribution >= 0.6 is 0 Å². The Morgan fingerprint density at radius 3 is 2.41 bits per heavy atom. The van der Waals surface area contributed by atoms with Crippen LogP contribution in [0, 0.1) is 11.3 Å². The highest BCUT2D eigenvalue weighted by Crippen LogP contribution is 2.52. The smallest absolute Gasteiger partial charge is 0.302 e. The Morgan fingerprint density at radius 1 is 1.15 bits per heavy atom. The zero-order valence-corrected chi connectivity index (χ0v) is 15.5. The summed E-state index contributed by atoms with van der Waals surface area (Å²) in [6.45, 7) is 1.29. The maximum Gasteiger partial charge on any atom is 0.302 e. The minimum Gasteiger partial charge on any atom is -0.461 e. The molecule has 0 unspecified atom stereocenters. The van der Waals surface area contributed by atoms with Gasteiger partial charge < -0.3 is 14.2 Å². The first-order valence-corrected chi connectivity index (χ1v) is 8.70. The number of hydrogen-bond acceptors (Lipinski definition) is 6. The van der Waals surface area contributed by atoms with Crippen LogP contribution in [-0.4, -0.2) is 43.6 Å². The van der Waals surface area contributed by atoms with Gasteiger partial charge in [0.1, 0.15) is 11.5 Å². The maximum atomic E-state index is 13.4. The number of methoxy groups -OCH3 is 2. The number of ether oxygens (including phenoxy) is 3. The van der Waals surface area contributed by atoms with Gasteiger partial charge in [0.2, 0.25) is 11.6 Å². The van der Waals surface area contributed by atoms with Gasteiger partial charge in [0.15, 0.2) is 5.78 Å². The predicted molar refractivity (Wildman–Crippen MR) is 96.9 cm³/mol. The van der Waals surface area contributed by atoms with Crippen molar-refractivity contribution in [2.24, 2.45) is 11.3 Å². The van der Waals surface area contributed by atoms with Crippen molar-refractivity contribution in [3.63, 3.8) is 0 Å². The van der Waals surface area contributed by atoms with E-state index in [0.29, 0.717) is 12.0 Å². The number of allylic oxidation sites excluding steroid dienone is 1. The lowest BCUT2D eigenvalue weighted by Gasteiger charge is -2.52. The van der Waals surface area contributed by atoms with Crippen molar-refractivity contribution in [3.05, 3.63) is 60.2 Å². The second-order valence-electron chi connectivity index (χ2n) is 6.70. The third-order valence-electron chi connectivity index (χ3n) is 5.29. The molecule has 0 aromatic heterocycles. The minimum absolute atomic E-state index is 0.249. The van der Waals surface area contributed by atoms with Gasteiger partial charge in [-0.25, -0.2) is 0 Å². The van der Waals surface area contributed by atoms with Crippen LogP contribution in [-0.2, 0) is 23.8 Å². The van der Waals surface area contributed by atoms with Crippen LogP contribution in [0.2, 0.25) is 0 Å². The molecule has 0 saturated heterocycles. The van der Waals surface area contributed by atoms with E-state index in [1.165, 1.54) is 33.3 Å². The number of carbonyl (C=O) groups is 3. The van der Waals surface area contributed by atoms with Gasteiger partial charge >= 0.3 is 5.97 Å². The molecule has 1 aromatic rings. The molecule has 1 fully saturated rings. The number of benzene rings is 1. The summed E-state index contributed by atoms with van der Waals surface area (Å²) in [6.07, 6.45) is 5.98. The van der Waals surface area contributed by atoms with Gasteiger partial charge in [0, 0.05) is 32.6 Å². The summed E-state index contributed by atoms with van der Waals surface area (Å²) in [5.74, 6) is -2.98. The maximum absolute atomic E-state index is 13.4. The standard InChI is InChI=1S/C21H22O6/c1-14(22)27-18-13-16-9-11-20(18,19(24)21(16,25-2)26-3)12-10-17(23)15-7-5-4-6-8-15/h4-12,16,18H,13H2,1-3H3/b12-10+/t16-,18+,20-/m0/s1. The molecule has 1 saturated carbocycles. The lowest BCUT2D eigenvalue weighted by Crippen LogP contribution is -2.65. The highest BCUT2D eigenvalue weighted by Gasteiger charge is 2.65. The second-order valence-corrected chi connectivity index (χ2v) is 6.70. The molecule has 6 nitrogen and oxygen atoms in total. The zero-order chi connectivity index (χ0) is 19.7. The van der Waals surface area contributed by atoms with E-state index in [1.807, 2.05) is 12.1 Å². The predicted octanol–water partition coefficient (Wildman–Crippen LogP) is 2.49. The van der Waals surface area contributed by atoms with E-state index in [1.54, 1.807) is 30.3 Å². The third kappa shape index (κ3) is 3.05. The molecular weight excluding hydrogens is 348 g/mol. The van der Waals surface area contributed by atoms with Gasteiger partial charge in [-0.1, -0.05) is 48.6 Å². The summed E-state index contributed by atoms with van der Waals surface area (Å²) in [5.41, 5.74) is -0.823. The number of hydrogen-bond donors (Lipinski definition) is 0. The van der Waals surface area contributed by atoms with E-state index in [4.69, 9.17) is 14.2 Å². The Hall–Kier alpha value is -2.57. The van der Waals surface area contributed by atoms with Crippen molar-refractivity contribution < 1.29 is 28.6 Å². The number of carbonyl (C=O) groups excluding carboxylic acids is 3. The largest absolute Gasteiger partial charge is 0.461 e. The Balaban J connectivity index is 2.02. The van der Waals surface area contributed by atoms with Crippen LogP contribution in [0.3, 0.4) is 0 Å². The monoisotopic (exact) mass is 370 g/mol. The van der Waals surface area contributed by atoms with E-state index in [9.17, 15) is 14.4 Å². The van der Waals surface area contributed by atoms with Crippen LogP contribution in [0.15, 0.2) is 54.6 Å². The molecule has 142 valence electrons. The molecule has 27 heavy (non-hydrogen) atoms. The molecule has 0 spiro atoms. The second kappa shape index (κ2) is 7.21. The van der Waals surface area contributed by atoms with E-state index < -0.39 is 23.3 Å². The number of fused-ring (bicyclic) bond motifs is 2. The molecular formula is C21H22O6. The van der Waals surface area contributed by atoms with E-state index in [2.05, 4.69) is 0 Å². The number of rotatable bonds is 6. The number of esters is 1. The topological polar surface area (TPSA) is 78.9 Å². The first-order valence-electron chi connectivity index (χ1n) is 8.70. The van der Waals surface area contributed by atoms with Crippen molar-refractivity contribution in [1.29, 1.82) is 0 Å². The van der Waals surface area contributed by atoms with Gasteiger partial charge in [-0.15, -0.1) is 0 Å². The van der Waals surface area contributed by atoms with E-state index >= 15 is 0 Å². The Bertz CT molecular complexity index is 805. The molecule has 0 aliphatic heterocycles. The summed E-state index contributed by atoms with van der Waals surface area (Å²) in [4.78, 5) is 37.5. The molecule has 3 atom stereocenters. The molecule has 0 amide bonds. The average molecular weight is 370 g/mol. The van der Waals surface area contributed by atoms with E-state index in [-0.39, 0.29) is 17.5 Å². The first-order chi connectivity index (χ1) is 12.9. The van der Waals surface area contributed by atoms with Crippen molar-refractivity contribution >= 4 is 17.5 Å². The molecule has 0 heterocycles. The number of ketones is 2. The molecule has 0 N–H and O–H groups in total. The Labute approximate surface area is 157 Å². The zero-order valence-electron chi connectivity index (χ0n) is 15.5. The highest BCUT2D eigenvalue weighted by molar-refractivity contribution is 6.06. The van der Waals surface area contributed by atoms with Crippen molar-refractivity contribution in [2.45, 2.75) is 25.2 Å². The Kier molecular flexibility index (Phi) is 5.13. The van der Waals surface area contributed by atoms with Gasteiger partial charge in [-0.05, 0) is 12.5 Å². The fraction of sp³-hybridized carbons (Fsp3) is 0.381. The third-order valence-corrected chi connectivity index (χ3v) is 5.29.